The van der Waals surface area contributed by atoms with Crippen LogP contribution in [-0.2, 0) is 57.0 Å². The molecule has 0 amide bonds. The van der Waals surface area contributed by atoms with Crippen LogP contribution in [0.15, 0.2) is 60.2 Å². The summed E-state index contributed by atoms with van der Waals surface area (Å²) in [5.41, 5.74) is -0.469. The Bertz CT molecular complexity index is 2310. The third-order valence-corrected chi connectivity index (χ3v) is 18.2. The molecule has 7 aliphatic heterocycles. The molecule has 0 aliphatic carbocycles. The maximum Gasteiger partial charge on any atom is 0.308 e. The predicted molar refractivity (Wildman–Crippen MR) is 298 cm³/mol. The highest BCUT2D eigenvalue weighted by molar-refractivity contribution is 6.30. The Morgan fingerprint density at radius 3 is 2.20 bits per heavy atom. The number of carbonyl (C=O) groups is 3. The number of ether oxygens (including phenoxy) is 9. The topological polar surface area (TPSA) is 296 Å². The fourth-order valence-corrected chi connectivity index (χ4v) is 13.8. The van der Waals surface area contributed by atoms with Gasteiger partial charge in [-0.2, -0.15) is 0 Å². The first-order valence-corrected chi connectivity index (χ1v) is 29.8. The SMILES string of the molecule is C=C(Cl)/C=C/[C@H](O)CC(=C)C[C@H]1OC2[C@@H](O)[C@]3(O)C[C@@H](O)[C@H](C)[C@H](CCCC=C[C@@H]4C[C@@H](O)C[C@]5(C[C@H](OC)CC(CC(=O)[C@@H](C)[C@H](O)[C@@H](C)C(=C)C[C@@H]6C[C@@](C)(O)C[C@]7(C[C@H](OC(C)=O)CC(CC(=O)O[C@@H]([C@@H]1O)[C@H]2C)O7)O6)O5)O4)O3. The molecular formula is C61H93ClO20. The second-order valence-corrected chi connectivity index (χ2v) is 25.8. The van der Waals surface area contributed by atoms with Gasteiger partial charge in [0.25, 0.3) is 0 Å². The Labute approximate surface area is 487 Å². The van der Waals surface area contributed by atoms with Gasteiger partial charge in [0.05, 0.1) is 85.3 Å². The molecule has 6 saturated heterocycles. The second-order valence-electron chi connectivity index (χ2n) is 25.4. The number of fused-ring (bicyclic) bond motifs is 8. The summed E-state index contributed by atoms with van der Waals surface area (Å²) in [4.78, 5) is 41.0. The van der Waals surface area contributed by atoms with Crippen molar-refractivity contribution >= 4 is 29.3 Å². The molecule has 0 aromatic carbocycles. The summed E-state index contributed by atoms with van der Waals surface area (Å²) in [7, 11) is 1.58. The lowest BCUT2D eigenvalue weighted by molar-refractivity contribution is -0.351. The average molecular weight is 1180 g/mol. The van der Waals surface area contributed by atoms with Crippen molar-refractivity contribution in [3.8, 4) is 0 Å². The van der Waals surface area contributed by atoms with Crippen LogP contribution in [-0.4, -0.2) is 186 Å². The monoisotopic (exact) mass is 1180 g/mol. The van der Waals surface area contributed by atoms with E-state index in [1.54, 1.807) is 41.7 Å². The molecule has 7 heterocycles. The van der Waals surface area contributed by atoms with Gasteiger partial charge in [0.2, 0.25) is 0 Å². The minimum atomic E-state index is -2.40. The van der Waals surface area contributed by atoms with Gasteiger partial charge >= 0.3 is 11.9 Å². The maximum absolute atomic E-state index is 14.4. The van der Waals surface area contributed by atoms with Crippen molar-refractivity contribution in [3.63, 3.8) is 0 Å². The lowest BCUT2D eigenvalue weighted by Crippen LogP contribution is -2.65. The highest BCUT2D eigenvalue weighted by Gasteiger charge is 2.58. The van der Waals surface area contributed by atoms with Crippen LogP contribution in [0.5, 0.6) is 0 Å². The molecule has 2 spiro atoms. The van der Waals surface area contributed by atoms with Crippen molar-refractivity contribution in [3.05, 3.63) is 60.2 Å². The summed E-state index contributed by atoms with van der Waals surface area (Å²) < 4.78 is 57.2. The largest absolute Gasteiger partial charge is 0.462 e. The van der Waals surface area contributed by atoms with E-state index < -0.39 is 163 Å². The van der Waals surface area contributed by atoms with E-state index in [4.69, 9.17) is 54.2 Å². The molecule has 7 rings (SSSR count). The normalized spacial score (nSPS) is 45.4. The third-order valence-electron chi connectivity index (χ3n) is 18.0. The van der Waals surface area contributed by atoms with Gasteiger partial charge in [-0.15, -0.1) is 0 Å². The third kappa shape index (κ3) is 16.9. The Kier molecular flexibility index (Phi) is 22.5. The fraction of sp³-hybridized carbons (Fsp3) is 0.787. The second kappa shape index (κ2) is 27.8. The van der Waals surface area contributed by atoms with Crippen molar-refractivity contribution in [2.45, 2.75) is 271 Å². The summed E-state index contributed by atoms with van der Waals surface area (Å²) in [5.74, 6) is -9.98. The molecule has 0 aromatic rings. The minimum Gasteiger partial charge on any atom is -0.462 e. The molecule has 7 aliphatic rings. The van der Waals surface area contributed by atoms with E-state index in [9.17, 15) is 55.2 Å². The molecule has 0 saturated carbocycles. The number of aliphatic hydroxyl groups is 8. The Morgan fingerprint density at radius 2 is 1.50 bits per heavy atom. The molecule has 0 aromatic heterocycles. The van der Waals surface area contributed by atoms with Gasteiger partial charge < -0.3 is 83.5 Å². The summed E-state index contributed by atoms with van der Waals surface area (Å²) in [6.45, 7) is 21.7. The number of ketones is 1. The van der Waals surface area contributed by atoms with E-state index in [0.717, 1.165) is 0 Å². The van der Waals surface area contributed by atoms with E-state index in [-0.39, 0.29) is 74.7 Å². The predicted octanol–water partition coefficient (Wildman–Crippen LogP) is 5.34. The van der Waals surface area contributed by atoms with Crippen LogP contribution in [0, 0.1) is 23.7 Å². The average Bonchev–Trinajstić information content (AvgIpc) is 1.98. The number of methoxy groups -OCH3 is 1. The van der Waals surface area contributed by atoms with E-state index >= 15 is 0 Å². The molecule has 6 fully saturated rings. The van der Waals surface area contributed by atoms with Crippen molar-refractivity contribution in [1.82, 2.24) is 0 Å². The van der Waals surface area contributed by atoms with Gasteiger partial charge in [-0.25, -0.2) is 0 Å². The first-order valence-electron chi connectivity index (χ1n) is 29.4. The van der Waals surface area contributed by atoms with Crippen LogP contribution in [0.4, 0.5) is 0 Å². The molecule has 0 radical (unpaired) electrons. The van der Waals surface area contributed by atoms with Gasteiger partial charge in [0.15, 0.2) is 17.4 Å². The van der Waals surface area contributed by atoms with Gasteiger partial charge in [-0.05, 0) is 51.5 Å². The molecule has 82 heavy (non-hydrogen) atoms. The van der Waals surface area contributed by atoms with Crippen molar-refractivity contribution < 1.29 is 97.9 Å². The van der Waals surface area contributed by atoms with Crippen LogP contribution in [0.1, 0.15) is 151 Å². The van der Waals surface area contributed by atoms with Crippen LogP contribution >= 0.6 is 11.6 Å². The first kappa shape index (κ1) is 66.5. The standard InChI is InChI=1S/C61H93ClO20/c1-32(18-40(64)17-16-34(3)62)19-51-54(70)55-38(7)56(76-51)57(71)61(73)30-49(67)36(5)50(82-61)15-13-11-12-14-42-21-41(65)26-59(78-42)28-45(74-10)22-43(79-59)24-48(66)37(6)53(69)35(4)33(2)20-47-27-58(9,72)31-60(81-47)29-46(75-39(8)63)23-44(80-60)25-52(68)77-55/h12,14,16-17,35-38,40-47,49-51,53-57,64-65,67,69-73H,1-3,11,13,15,18-31H2,4-10H3/b14-12?,17-16+/t35-,36-,37+,38+,40-,41+,42+,43?,44?,45+,46+,47+,49+,50-,51+,53+,54+,55+,56?,57+,58+,59-,60-,61-/m0/s1. The summed E-state index contributed by atoms with van der Waals surface area (Å²) in [6, 6.07) is 0. The summed E-state index contributed by atoms with van der Waals surface area (Å²) in [6.07, 6.45) is -8.29. The molecule has 8 N–H and O–H groups in total. The van der Waals surface area contributed by atoms with Crippen molar-refractivity contribution in [2.75, 3.05) is 7.11 Å². The van der Waals surface area contributed by atoms with Crippen molar-refractivity contribution in [2.24, 2.45) is 23.7 Å². The number of aliphatic hydroxyl groups excluding tert-OH is 6. The van der Waals surface area contributed by atoms with E-state index in [0.29, 0.717) is 49.7 Å². The quantitative estimate of drug-likeness (QED) is 0.0864. The van der Waals surface area contributed by atoms with Gasteiger partial charge in [-0.3, -0.25) is 14.4 Å². The van der Waals surface area contributed by atoms with Crippen LogP contribution in [0.25, 0.3) is 0 Å². The zero-order valence-corrected chi connectivity index (χ0v) is 49.6. The maximum atomic E-state index is 14.4. The molecule has 24 atom stereocenters. The number of allylic oxidation sites excluding steroid dienone is 3. The molecule has 21 heteroatoms. The van der Waals surface area contributed by atoms with Crippen molar-refractivity contribution in [1.29, 1.82) is 0 Å². The number of hydrogen-bond acceptors (Lipinski definition) is 20. The number of carbonyl (C=O) groups excluding carboxylic acids is 3. The lowest BCUT2D eigenvalue weighted by atomic mass is 9.78. The number of Topliss-reactive ketones (excluding diaryl/α,β-unsaturated/α-hetero) is 1. The molecule has 10 bridgehead atoms. The number of halogens is 1. The smallest absolute Gasteiger partial charge is 0.308 e. The fourth-order valence-electron chi connectivity index (χ4n) is 13.8. The molecular weight excluding hydrogens is 1090 g/mol. The zero-order chi connectivity index (χ0) is 60.2. The minimum absolute atomic E-state index is 0.00389. The molecule has 464 valence electrons. The first-order chi connectivity index (χ1) is 38.4. The van der Waals surface area contributed by atoms with Crippen LogP contribution in [0.3, 0.4) is 0 Å². The van der Waals surface area contributed by atoms with E-state index in [2.05, 4.69) is 19.7 Å². The highest BCUT2D eigenvalue weighted by Crippen LogP contribution is 2.48. The Morgan fingerprint density at radius 1 is 0.829 bits per heavy atom. The Balaban J connectivity index is 1.20. The Hall–Kier alpha value is -3.00. The number of esters is 2. The molecule has 3 unspecified atom stereocenters. The van der Waals surface area contributed by atoms with Crippen LogP contribution < -0.4 is 0 Å². The summed E-state index contributed by atoms with van der Waals surface area (Å²) >= 11 is 5.88. The lowest BCUT2D eigenvalue weighted by Gasteiger charge is -2.52. The molecule has 20 nitrogen and oxygen atoms in total. The van der Waals surface area contributed by atoms with Crippen LogP contribution in [0.2, 0.25) is 0 Å². The highest BCUT2D eigenvalue weighted by atomic mass is 35.5. The number of hydrogen-bond donors (Lipinski definition) is 8. The summed E-state index contributed by atoms with van der Waals surface area (Å²) in [5, 5.41) is 94.1. The van der Waals surface area contributed by atoms with Gasteiger partial charge in [-0.1, -0.05) is 88.4 Å². The van der Waals surface area contributed by atoms with Gasteiger partial charge in [0.1, 0.15) is 30.2 Å². The number of rotatable bonds is 8. The van der Waals surface area contributed by atoms with Gasteiger partial charge in [0, 0.05) is 107 Å². The van der Waals surface area contributed by atoms with E-state index in [1.807, 2.05) is 12.2 Å². The zero-order valence-electron chi connectivity index (χ0n) is 48.9. The van der Waals surface area contributed by atoms with E-state index in [1.165, 1.54) is 19.1 Å².